The average molecular weight is 384 g/mol. The number of nitrogens with one attached hydrogen (secondary N) is 2. The van der Waals surface area contributed by atoms with Gasteiger partial charge in [-0.25, -0.2) is 9.78 Å². The first-order chi connectivity index (χ1) is 13.6. The summed E-state index contributed by atoms with van der Waals surface area (Å²) in [5.41, 5.74) is 1.59. The third-order valence-electron chi connectivity index (χ3n) is 4.54. The minimum absolute atomic E-state index is 0.190. The molecule has 150 valence electrons. The summed E-state index contributed by atoms with van der Waals surface area (Å²) >= 11 is 0. The van der Waals surface area contributed by atoms with Crippen molar-refractivity contribution in [3.05, 3.63) is 36.5 Å². The molecule has 2 atom stereocenters. The fourth-order valence-electron chi connectivity index (χ4n) is 3.38. The Morgan fingerprint density at radius 3 is 2.68 bits per heavy atom. The smallest absolute Gasteiger partial charge is 0.321 e. The predicted octanol–water partition coefficient (Wildman–Crippen LogP) is 2.55. The molecule has 2 N–H and O–H groups in total. The molecule has 1 aliphatic heterocycles. The van der Waals surface area contributed by atoms with Crippen LogP contribution in [-0.2, 0) is 4.74 Å². The molecule has 28 heavy (non-hydrogen) atoms. The van der Waals surface area contributed by atoms with Gasteiger partial charge in [0.1, 0.15) is 0 Å². The number of unbranched alkanes of at least 4 members (excludes halogenated alkanes) is 1. The number of amides is 2. The zero-order chi connectivity index (χ0) is 19.8. The highest BCUT2D eigenvalue weighted by Crippen LogP contribution is 2.15. The molecule has 2 aromatic rings. The first-order valence-electron chi connectivity index (χ1n) is 9.78. The van der Waals surface area contributed by atoms with Crippen LogP contribution in [0.15, 0.2) is 36.5 Å². The summed E-state index contributed by atoms with van der Waals surface area (Å²) in [6.07, 6.45) is 4.09. The predicted molar refractivity (Wildman–Crippen MR) is 108 cm³/mol. The van der Waals surface area contributed by atoms with Gasteiger partial charge in [0.05, 0.1) is 24.1 Å². The number of urea groups is 1. The van der Waals surface area contributed by atoms with Crippen molar-refractivity contribution >= 4 is 12.0 Å². The number of carbonyl (C=O) groups is 1. The first-order valence-corrected chi connectivity index (χ1v) is 9.78. The van der Waals surface area contributed by atoms with E-state index in [-0.39, 0.29) is 24.2 Å². The maximum atomic E-state index is 12.1. The van der Waals surface area contributed by atoms with Crippen molar-refractivity contribution in [3.63, 3.8) is 0 Å². The zero-order valence-corrected chi connectivity index (χ0v) is 16.5. The van der Waals surface area contributed by atoms with E-state index < -0.39 is 0 Å². The van der Waals surface area contributed by atoms with E-state index in [2.05, 4.69) is 44.6 Å². The van der Waals surface area contributed by atoms with E-state index in [0.29, 0.717) is 12.2 Å². The fraction of sp³-hybridized carbons (Fsp3) is 0.500. The Morgan fingerprint density at radius 1 is 1.18 bits per heavy atom. The summed E-state index contributed by atoms with van der Waals surface area (Å²) in [5, 5.41) is 13.3. The number of benzene rings is 1. The van der Waals surface area contributed by atoms with Gasteiger partial charge in [0, 0.05) is 25.2 Å². The van der Waals surface area contributed by atoms with Crippen LogP contribution < -0.4 is 10.6 Å². The van der Waals surface area contributed by atoms with E-state index in [1.807, 2.05) is 30.3 Å². The topological polar surface area (TPSA) is 92.3 Å². The van der Waals surface area contributed by atoms with Crippen molar-refractivity contribution in [3.8, 4) is 11.3 Å². The monoisotopic (exact) mass is 384 g/mol. The highest BCUT2D eigenvalue weighted by Gasteiger charge is 2.21. The van der Waals surface area contributed by atoms with Crippen LogP contribution in [-0.4, -0.2) is 64.5 Å². The molecule has 1 fully saturated rings. The molecular formula is C20H28N6O2. The molecule has 3 rings (SSSR count). The Kier molecular flexibility index (Phi) is 7.27. The van der Waals surface area contributed by atoms with Crippen LogP contribution >= 0.6 is 0 Å². The summed E-state index contributed by atoms with van der Waals surface area (Å²) in [7, 11) is 0. The van der Waals surface area contributed by atoms with Crippen LogP contribution in [0.5, 0.6) is 0 Å². The van der Waals surface area contributed by atoms with E-state index in [9.17, 15) is 4.79 Å². The van der Waals surface area contributed by atoms with Crippen molar-refractivity contribution in [1.82, 2.24) is 25.4 Å². The number of rotatable bonds is 7. The van der Waals surface area contributed by atoms with E-state index in [4.69, 9.17) is 4.74 Å². The van der Waals surface area contributed by atoms with Crippen LogP contribution in [0.25, 0.3) is 11.3 Å². The van der Waals surface area contributed by atoms with Crippen molar-refractivity contribution < 1.29 is 9.53 Å². The van der Waals surface area contributed by atoms with Gasteiger partial charge in [-0.2, -0.15) is 5.10 Å². The Hall–Kier alpha value is -2.58. The number of anilines is 1. The van der Waals surface area contributed by atoms with Gasteiger partial charge in [-0.1, -0.05) is 30.3 Å². The second-order valence-corrected chi connectivity index (χ2v) is 7.14. The number of hydrogen-bond acceptors (Lipinski definition) is 6. The minimum atomic E-state index is -0.319. The fourth-order valence-corrected chi connectivity index (χ4v) is 3.38. The lowest BCUT2D eigenvalue weighted by Gasteiger charge is -2.35. The van der Waals surface area contributed by atoms with Gasteiger partial charge in [-0.15, -0.1) is 5.10 Å². The molecule has 0 saturated carbocycles. The summed E-state index contributed by atoms with van der Waals surface area (Å²) < 4.78 is 5.74. The highest BCUT2D eigenvalue weighted by molar-refractivity contribution is 5.87. The molecule has 0 aliphatic carbocycles. The van der Waals surface area contributed by atoms with Crippen LogP contribution in [0.2, 0.25) is 0 Å². The number of ether oxygens (including phenoxy) is 1. The zero-order valence-electron chi connectivity index (χ0n) is 16.5. The number of hydrogen-bond donors (Lipinski definition) is 2. The molecule has 1 aliphatic rings. The third kappa shape index (κ3) is 6.24. The standard InChI is InChI=1S/C20H28N6O2/c1-15-13-26(14-16(2)28-15)11-7-6-10-21-20(27)24-19-23-18(12-22-25-19)17-8-4-3-5-9-17/h3-5,8-9,12,15-16H,6-7,10-11,13-14H2,1-2H3,(H2,21,23,24,25,27)/t15-,16+. The van der Waals surface area contributed by atoms with Gasteiger partial charge in [-0.05, 0) is 33.2 Å². The van der Waals surface area contributed by atoms with E-state index >= 15 is 0 Å². The van der Waals surface area contributed by atoms with Gasteiger partial charge in [0.25, 0.3) is 5.95 Å². The molecule has 8 heteroatoms. The van der Waals surface area contributed by atoms with Crippen molar-refractivity contribution in [2.45, 2.75) is 38.9 Å². The summed E-state index contributed by atoms with van der Waals surface area (Å²) in [5.74, 6) is 0.190. The molecule has 0 bridgehead atoms. The SMILES string of the molecule is C[C@@H]1CN(CCCCNC(=O)Nc2nncc(-c3ccccc3)n2)C[C@H](C)O1. The second-order valence-electron chi connectivity index (χ2n) is 7.14. The lowest BCUT2D eigenvalue weighted by atomic mass is 10.2. The summed E-state index contributed by atoms with van der Waals surface area (Å²) in [6.45, 7) is 7.79. The Bertz CT molecular complexity index is 747. The first kappa shape index (κ1) is 20.2. The van der Waals surface area contributed by atoms with Crippen LogP contribution in [0.4, 0.5) is 10.7 Å². The number of aromatic nitrogens is 3. The molecule has 8 nitrogen and oxygen atoms in total. The lowest BCUT2D eigenvalue weighted by molar-refractivity contribution is -0.0681. The van der Waals surface area contributed by atoms with Gasteiger partial charge in [0.15, 0.2) is 0 Å². The molecule has 1 aromatic heterocycles. The van der Waals surface area contributed by atoms with Crippen LogP contribution in [0, 0.1) is 0 Å². The van der Waals surface area contributed by atoms with Crippen molar-refractivity contribution in [2.75, 3.05) is 31.5 Å². The van der Waals surface area contributed by atoms with Crippen molar-refractivity contribution in [1.29, 1.82) is 0 Å². The highest BCUT2D eigenvalue weighted by atomic mass is 16.5. The van der Waals surface area contributed by atoms with E-state index in [0.717, 1.165) is 38.0 Å². The molecule has 0 spiro atoms. The van der Waals surface area contributed by atoms with Crippen LogP contribution in [0.1, 0.15) is 26.7 Å². The van der Waals surface area contributed by atoms with Crippen LogP contribution in [0.3, 0.4) is 0 Å². The van der Waals surface area contributed by atoms with Gasteiger partial charge < -0.3 is 10.1 Å². The number of carbonyl (C=O) groups excluding carboxylic acids is 1. The number of morpholine rings is 1. The molecule has 2 amide bonds. The minimum Gasteiger partial charge on any atom is -0.373 e. The molecule has 0 radical (unpaired) electrons. The summed E-state index contributed by atoms with van der Waals surface area (Å²) in [4.78, 5) is 18.8. The number of nitrogens with zero attached hydrogens (tertiary/aromatic N) is 4. The Labute approximate surface area is 165 Å². The normalized spacial score (nSPS) is 19.9. The molecule has 0 unspecified atom stereocenters. The van der Waals surface area contributed by atoms with Gasteiger partial charge >= 0.3 is 6.03 Å². The quantitative estimate of drug-likeness (QED) is 0.713. The molecule has 2 heterocycles. The summed E-state index contributed by atoms with van der Waals surface area (Å²) in [6, 6.07) is 9.34. The largest absolute Gasteiger partial charge is 0.373 e. The van der Waals surface area contributed by atoms with Gasteiger partial charge in [0.2, 0.25) is 0 Å². The van der Waals surface area contributed by atoms with E-state index in [1.54, 1.807) is 6.20 Å². The maximum Gasteiger partial charge on any atom is 0.321 e. The maximum absolute atomic E-state index is 12.1. The Balaban J connectivity index is 1.37. The molecule has 1 saturated heterocycles. The van der Waals surface area contributed by atoms with Gasteiger partial charge in [-0.3, -0.25) is 10.2 Å². The van der Waals surface area contributed by atoms with Crippen molar-refractivity contribution in [2.24, 2.45) is 0 Å². The lowest BCUT2D eigenvalue weighted by Crippen LogP contribution is -2.45. The van der Waals surface area contributed by atoms with E-state index in [1.165, 1.54) is 0 Å². The Morgan fingerprint density at radius 2 is 1.93 bits per heavy atom. The molecule has 1 aromatic carbocycles. The average Bonchev–Trinajstić information content (AvgIpc) is 2.68. The second kappa shape index (κ2) is 10.1. The third-order valence-corrected chi connectivity index (χ3v) is 4.54. The molecular weight excluding hydrogens is 356 g/mol.